The van der Waals surface area contributed by atoms with Crippen molar-refractivity contribution in [3.63, 3.8) is 0 Å². The topological polar surface area (TPSA) is 53.9 Å². The van der Waals surface area contributed by atoms with Crippen molar-refractivity contribution in [1.82, 2.24) is 19.4 Å². The zero-order valence-electron chi connectivity index (χ0n) is 14.9. The van der Waals surface area contributed by atoms with Crippen molar-refractivity contribution < 1.29 is 4.79 Å². The highest BCUT2D eigenvalue weighted by Crippen LogP contribution is 2.33. The molecule has 2 aliphatic rings. The van der Waals surface area contributed by atoms with Crippen molar-refractivity contribution in [1.29, 1.82) is 0 Å². The average Bonchev–Trinajstić information content (AvgIpc) is 3.19. The normalized spacial score (nSPS) is 20.6. The summed E-state index contributed by atoms with van der Waals surface area (Å²) in [5.41, 5.74) is 1.71. The number of carbonyl (C=O) groups excluding carboxylic acids is 1. The first-order valence-electron chi connectivity index (χ1n) is 9.66. The number of nitrogens with one attached hydrogen (secondary N) is 1. The molecule has 5 nitrogen and oxygen atoms in total. The van der Waals surface area contributed by atoms with Crippen LogP contribution in [0, 0.1) is 5.92 Å². The Balaban J connectivity index is 1.35. The summed E-state index contributed by atoms with van der Waals surface area (Å²) in [6.07, 6.45) is 8.84. The highest BCUT2D eigenvalue weighted by Gasteiger charge is 2.30. The Morgan fingerprint density at radius 1 is 1.23 bits per heavy atom. The Morgan fingerprint density at radius 3 is 2.96 bits per heavy atom. The number of hydrogen-bond donors (Lipinski definition) is 1. The molecular formula is C21H24N4O. The summed E-state index contributed by atoms with van der Waals surface area (Å²) in [7, 11) is 0. The lowest BCUT2D eigenvalue weighted by atomic mass is 9.96. The van der Waals surface area contributed by atoms with Crippen molar-refractivity contribution in [2.75, 3.05) is 13.1 Å². The molecule has 1 saturated heterocycles. The van der Waals surface area contributed by atoms with Crippen LogP contribution in [-0.4, -0.2) is 38.4 Å². The van der Waals surface area contributed by atoms with Crippen molar-refractivity contribution >= 4 is 16.8 Å². The second-order valence-corrected chi connectivity index (χ2v) is 7.74. The summed E-state index contributed by atoms with van der Waals surface area (Å²) in [6, 6.07) is 10.0. The van der Waals surface area contributed by atoms with Crippen LogP contribution in [0.25, 0.3) is 10.9 Å². The second kappa shape index (κ2) is 6.31. The Morgan fingerprint density at radius 2 is 2.12 bits per heavy atom. The van der Waals surface area contributed by atoms with E-state index in [0.29, 0.717) is 11.6 Å². The first kappa shape index (κ1) is 15.7. The zero-order valence-corrected chi connectivity index (χ0v) is 14.9. The van der Waals surface area contributed by atoms with Gasteiger partial charge in [-0.3, -0.25) is 4.79 Å². The van der Waals surface area contributed by atoms with Crippen LogP contribution in [0.5, 0.6) is 0 Å². The fourth-order valence-electron chi connectivity index (χ4n) is 4.14. The molecule has 1 atom stereocenters. The summed E-state index contributed by atoms with van der Waals surface area (Å²) in [6.45, 7) is 2.67. The van der Waals surface area contributed by atoms with Gasteiger partial charge in [-0.05, 0) is 43.7 Å². The number of H-pyrrole nitrogens is 1. The summed E-state index contributed by atoms with van der Waals surface area (Å²) in [4.78, 5) is 22.9. The Labute approximate surface area is 153 Å². The number of carbonyl (C=O) groups is 1. The Kier molecular flexibility index (Phi) is 3.80. The molecular weight excluding hydrogens is 324 g/mol. The zero-order chi connectivity index (χ0) is 17.5. The number of aromatic amines is 1. The van der Waals surface area contributed by atoms with Crippen LogP contribution in [0.15, 0.2) is 42.7 Å². The molecule has 1 aliphatic heterocycles. The summed E-state index contributed by atoms with van der Waals surface area (Å²) in [5.74, 6) is 2.43. The molecule has 2 fully saturated rings. The molecule has 2 aromatic heterocycles. The standard InChI is InChI=1S/C21H24N4O/c26-21(19-12-16-4-1-2-6-18(16)23-19)25-10-3-5-17(14-25)20-22-9-11-24(20)13-15-7-8-15/h1-2,4,6,9,11-12,15,17,23H,3,5,7-8,10,13-14H2/t17-/m0/s1. The van der Waals surface area contributed by atoms with Crippen molar-refractivity contribution in [2.45, 2.75) is 38.1 Å². The van der Waals surface area contributed by atoms with Crippen LogP contribution in [0.2, 0.25) is 0 Å². The summed E-state index contributed by atoms with van der Waals surface area (Å²) >= 11 is 0. The van der Waals surface area contributed by atoms with Gasteiger partial charge in [-0.2, -0.15) is 0 Å². The van der Waals surface area contributed by atoms with Gasteiger partial charge in [-0.25, -0.2) is 4.98 Å². The van der Waals surface area contributed by atoms with Gasteiger partial charge >= 0.3 is 0 Å². The molecule has 0 bridgehead atoms. The fraction of sp³-hybridized carbons (Fsp3) is 0.429. The molecule has 5 rings (SSSR count). The van der Waals surface area contributed by atoms with Gasteiger partial charge in [0.15, 0.2) is 0 Å². The van der Waals surface area contributed by atoms with Crippen molar-refractivity contribution in [2.24, 2.45) is 5.92 Å². The van der Waals surface area contributed by atoms with Crippen LogP contribution in [0.1, 0.15) is 47.9 Å². The maximum atomic E-state index is 13.0. The van der Waals surface area contributed by atoms with E-state index in [2.05, 4.69) is 20.7 Å². The summed E-state index contributed by atoms with van der Waals surface area (Å²) < 4.78 is 2.32. The SMILES string of the molecule is O=C(c1cc2ccccc2[nH]1)N1CCC[C@H](c2nccn2CC2CC2)C1. The molecule has 134 valence electrons. The number of hydrogen-bond acceptors (Lipinski definition) is 2. The van der Waals surface area contributed by atoms with Crippen molar-refractivity contribution in [3.8, 4) is 0 Å². The van der Waals surface area contributed by atoms with E-state index < -0.39 is 0 Å². The van der Waals surface area contributed by atoms with Crippen molar-refractivity contribution in [3.05, 3.63) is 54.2 Å². The number of para-hydroxylation sites is 1. The quantitative estimate of drug-likeness (QED) is 0.780. The first-order chi connectivity index (χ1) is 12.8. The van der Waals surface area contributed by atoms with E-state index in [4.69, 9.17) is 0 Å². The molecule has 3 aromatic rings. The molecule has 0 radical (unpaired) electrons. The van der Waals surface area contributed by atoms with Gasteiger partial charge in [0, 0.05) is 48.8 Å². The van der Waals surface area contributed by atoms with Gasteiger partial charge < -0.3 is 14.5 Å². The largest absolute Gasteiger partial charge is 0.351 e. The molecule has 5 heteroatoms. The molecule has 3 heterocycles. The molecule has 1 aliphatic carbocycles. The minimum absolute atomic E-state index is 0.103. The molecule has 26 heavy (non-hydrogen) atoms. The van der Waals surface area contributed by atoms with E-state index in [9.17, 15) is 4.79 Å². The number of fused-ring (bicyclic) bond motifs is 1. The van der Waals surface area contributed by atoms with Gasteiger partial charge in [0.25, 0.3) is 5.91 Å². The maximum absolute atomic E-state index is 13.0. The fourth-order valence-corrected chi connectivity index (χ4v) is 4.14. The van der Waals surface area contributed by atoms with Crippen LogP contribution in [-0.2, 0) is 6.54 Å². The molecule has 0 unspecified atom stereocenters. The maximum Gasteiger partial charge on any atom is 0.270 e. The van der Waals surface area contributed by atoms with Gasteiger partial charge in [-0.15, -0.1) is 0 Å². The van der Waals surface area contributed by atoms with Crippen LogP contribution < -0.4 is 0 Å². The predicted octanol–water partition coefficient (Wildman–Crippen LogP) is 3.79. The van der Waals surface area contributed by atoms with Gasteiger partial charge in [0.1, 0.15) is 11.5 Å². The third kappa shape index (κ3) is 2.91. The number of imidazole rings is 1. The lowest BCUT2D eigenvalue weighted by Gasteiger charge is -2.32. The third-order valence-corrected chi connectivity index (χ3v) is 5.73. The minimum atomic E-state index is 0.103. The van der Waals surface area contributed by atoms with E-state index in [1.165, 1.54) is 12.8 Å². The van der Waals surface area contributed by atoms with Crippen LogP contribution >= 0.6 is 0 Å². The molecule has 0 spiro atoms. The highest BCUT2D eigenvalue weighted by atomic mass is 16.2. The molecule has 1 saturated carbocycles. The first-order valence-corrected chi connectivity index (χ1v) is 9.66. The second-order valence-electron chi connectivity index (χ2n) is 7.74. The lowest BCUT2D eigenvalue weighted by Crippen LogP contribution is -2.40. The Bertz CT molecular complexity index is 903. The molecule has 1 N–H and O–H groups in total. The van der Waals surface area contributed by atoms with E-state index >= 15 is 0 Å². The lowest BCUT2D eigenvalue weighted by molar-refractivity contribution is 0.0698. The highest BCUT2D eigenvalue weighted by molar-refractivity contribution is 5.98. The van der Waals surface area contributed by atoms with Gasteiger partial charge in [-0.1, -0.05) is 18.2 Å². The molecule has 1 aromatic carbocycles. The van der Waals surface area contributed by atoms with Crippen LogP contribution in [0.4, 0.5) is 0 Å². The van der Waals surface area contributed by atoms with E-state index in [1.807, 2.05) is 41.4 Å². The van der Waals surface area contributed by atoms with E-state index in [0.717, 1.165) is 55.1 Å². The predicted molar refractivity (Wildman–Crippen MR) is 101 cm³/mol. The number of likely N-dealkylation sites (tertiary alicyclic amines) is 1. The minimum Gasteiger partial charge on any atom is -0.351 e. The number of piperidine rings is 1. The van der Waals surface area contributed by atoms with E-state index in [-0.39, 0.29) is 5.91 Å². The number of benzene rings is 1. The summed E-state index contributed by atoms with van der Waals surface area (Å²) in [5, 5.41) is 1.09. The number of aromatic nitrogens is 3. The average molecular weight is 348 g/mol. The number of nitrogens with zero attached hydrogens (tertiary/aromatic N) is 3. The van der Waals surface area contributed by atoms with Gasteiger partial charge in [0.2, 0.25) is 0 Å². The molecule has 1 amide bonds. The number of rotatable bonds is 4. The van der Waals surface area contributed by atoms with Crippen LogP contribution in [0.3, 0.4) is 0 Å². The van der Waals surface area contributed by atoms with Gasteiger partial charge in [0.05, 0.1) is 0 Å². The number of amides is 1. The smallest absolute Gasteiger partial charge is 0.270 e. The third-order valence-electron chi connectivity index (χ3n) is 5.73. The monoisotopic (exact) mass is 348 g/mol. The van der Waals surface area contributed by atoms with E-state index in [1.54, 1.807) is 0 Å². The Hall–Kier alpha value is -2.56.